The number of rotatable bonds is 8. The summed E-state index contributed by atoms with van der Waals surface area (Å²) in [6, 6.07) is 0. The summed E-state index contributed by atoms with van der Waals surface area (Å²) in [7, 11) is -2.37. The first kappa shape index (κ1) is 19.7. The quantitative estimate of drug-likeness (QED) is 0.399. The molecule has 0 aliphatic heterocycles. The number of allylic oxidation sites excluding steroid dienone is 1. The molecular weight excluding hydrogens is 325 g/mol. The number of hydrogen-bond donors (Lipinski definition) is 0. The van der Waals surface area contributed by atoms with Gasteiger partial charge in [-0.3, -0.25) is 0 Å². The maximum atomic E-state index is 5.94. The summed E-state index contributed by atoms with van der Waals surface area (Å²) in [5, 5.41) is 0. The van der Waals surface area contributed by atoms with Crippen molar-refractivity contribution in [3.8, 4) is 0 Å². The zero-order valence-corrected chi connectivity index (χ0v) is 18.9. The standard InChI is InChI=1S/C15H36GeOSi2/c1-16(2,3)15(14-18(4,5)6)12-10-11-13-17-19(7,8)9/h14H,10-13H2,1-9H3/b15-14+. The average molecular weight is 361 g/mol. The van der Waals surface area contributed by atoms with Crippen LogP contribution in [0.5, 0.6) is 0 Å². The van der Waals surface area contributed by atoms with E-state index >= 15 is 0 Å². The molecule has 0 aromatic carbocycles. The Morgan fingerprint density at radius 1 is 0.947 bits per heavy atom. The first-order valence-electron chi connectivity index (χ1n) is 7.67. The van der Waals surface area contributed by atoms with E-state index in [-0.39, 0.29) is 0 Å². The fraction of sp³-hybridized carbons (Fsp3) is 0.867. The second kappa shape index (κ2) is 7.62. The van der Waals surface area contributed by atoms with E-state index in [2.05, 4.69) is 62.3 Å². The van der Waals surface area contributed by atoms with Crippen LogP contribution in [0.2, 0.25) is 56.6 Å². The Morgan fingerprint density at radius 3 is 1.84 bits per heavy atom. The summed E-state index contributed by atoms with van der Waals surface area (Å²) in [5.41, 5.74) is 2.69. The van der Waals surface area contributed by atoms with Crippen LogP contribution in [0.3, 0.4) is 0 Å². The Hall–Kier alpha value is 0.677. The van der Waals surface area contributed by atoms with Crippen molar-refractivity contribution < 1.29 is 4.43 Å². The third-order valence-corrected chi connectivity index (χ3v) is 10.7. The van der Waals surface area contributed by atoms with Gasteiger partial charge in [0.2, 0.25) is 0 Å². The van der Waals surface area contributed by atoms with Gasteiger partial charge in [-0.15, -0.1) is 0 Å². The molecule has 0 N–H and O–H groups in total. The predicted octanol–water partition coefficient (Wildman–Crippen LogP) is 5.69. The molecule has 0 aromatic heterocycles. The van der Waals surface area contributed by atoms with E-state index in [1.54, 1.807) is 0 Å². The molecule has 0 aliphatic carbocycles. The van der Waals surface area contributed by atoms with E-state index in [4.69, 9.17) is 4.43 Å². The fourth-order valence-electron chi connectivity index (χ4n) is 1.98. The topological polar surface area (TPSA) is 9.23 Å². The molecule has 114 valence electrons. The summed E-state index contributed by atoms with van der Waals surface area (Å²) < 4.78 is 7.78. The van der Waals surface area contributed by atoms with Crippen LogP contribution in [0, 0.1) is 0 Å². The number of unbranched alkanes of at least 4 members (excludes halogenated alkanes) is 1. The van der Waals surface area contributed by atoms with E-state index in [1.165, 1.54) is 19.3 Å². The molecule has 0 spiro atoms. The molecule has 0 fully saturated rings. The van der Waals surface area contributed by atoms with Crippen molar-refractivity contribution >= 4 is 29.7 Å². The minimum atomic E-state index is -1.64. The van der Waals surface area contributed by atoms with Gasteiger partial charge in [-0.05, 0) is 0 Å². The van der Waals surface area contributed by atoms with Crippen LogP contribution >= 0.6 is 0 Å². The summed E-state index contributed by atoms with van der Waals surface area (Å²) >= 11 is -1.64. The Morgan fingerprint density at radius 2 is 1.47 bits per heavy atom. The normalized spacial score (nSPS) is 14.9. The summed E-state index contributed by atoms with van der Waals surface area (Å²) in [6.45, 7) is 15.1. The van der Waals surface area contributed by atoms with Crippen molar-refractivity contribution in [2.45, 2.75) is 75.8 Å². The molecule has 0 rings (SSSR count). The molecule has 1 nitrogen and oxygen atoms in total. The molecule has 0 bridgehead atoms. The van der Waals surface area contributed by atoms with Crippen LogP contribution in [-0.4, -0.2) is 36.3 Å². The zero-order chi connectivity index (χ0) is 15.3. The first-order chi connectivity index (χ1) is 8.31. The molecule has 0 heterocycles. The van der Waals surface area contributed by atoms with E-state index in [9.17, 15) is 0 Å². The third kappa shape index (κ3) is 12.1. The van der Waals surface area contributed by atoms with Gasteiger partial charge in [0.05, 0.1) is 0 Å². The number of hydrogen-bond acceptors (Lipinski definition) is 1. The van der Waals surface area contributed by atoms with E-state index in [0.717, 1.165) is 6.61 Å². The molecule has 0 saturated carbocycles. The van der Waals surface area contributed by atoms with Gasteiger partial charge in [0.25, 0.3) is 0 Å². The maximum absolute atomic E-state index is 5.94. The zero-order valence-electron chi connectivity index (χ0n) is 14.8. The Kier molecular flexibility index (Phi) is 7.89. The van der Waals surface area contributed by atoms with E-state index < -0.39 is 29.7 Å². The van der Waals surface area contributed by atoms with Crippen molar-refractivity contribution in [3.05, 3.63) is 10.1 Å². The van der Waals surface area contributed by atoms with Gasteiger partial charge in [-0.1, -0.05) is 0 Å². The van der Waals surface area contributed by atoms with Crippen LogP contribution in [0.25, 0.3) is 0 Å². The molecule has 0 radical (unpaired) electrons. The van der Waals surface area contributed by atoms with E-state index in [1.807, 2.05) is 4.41 Å². The van der Waals surface area contributed by atoms with Gasteiger partial charge in [0.15, 0.2) is 0 Å². The summed E-state index contributed by atoms with van der Waals surface area (Å²) in [5.74, 6) is 7.60. The van der Waals surface area contributed by atoms with Gasteiger partial charge >= 0.3 is 127 Å². The van der Waals surface area contributed by atoms with Crippen molar-refractivity contribution in [2.24, 2.45) is 0 Å². The molecule has 4 heteroatoms. The molecule has 19 heavy (non-hydrogen) atoms. The third-order valence-electron chi connectivity index (χ3n) is 2.95. The van der Waals surface area contributed by atoms with Crippen molar-refractivity contribution in [1.29, 1.82) is 0 Å². The van der Waals surface area contributed by atoms with Gasteiger partial charge < -0.3 is 0 Å². The predicted molar refractivity (Wildman–Crippen MR) is 97.9 cm³/mol. The van der Waals surface area contributed by atoms with Crippen LogP contribution < -0.4 is 0 Å². The van der Waals surface area contributed by atoms with Gasteiger partial charge in [0, 0.05) is 0 Å². The molecule has 0 aliphatic rings. The summed E-state index contributed by atoms with van der Waals surface area (Å²) in [6.07, 6.45) is 3.86. The van der Waals surface area contributed by atoms with Crippen LogP contribution in [0.1, 0.15) is 19.3 Å². The van der Waals surface area contributed by atoms with E-state index in [0.29, 0.717) is 0 Å². The molecule has 0 amide bonds. The van der Waals surface area contributed by atoms with Crippen LogP contribution in [0.4, 0.5) is 0 Å². The molecule has 0 atom stereocenters. The van der Waals surface area contributed by atoms with Gasteiger partial charge in [-0.2, -0.15) is 0 Å². The second-order valence-electron chi connectivity index (χ2n) is 8.70. The van der Waals surface area contributed by atoms with Gasteiger partial charge in [-0.25, -0.2) is 0 Å². The van der Waals surface area contributed by atoms with Crippen LogP contribution in [-0.2, 0) is 4.43 Å². The van der Waals surface area contributed by atoms with Crippen molar-refractivity contribution in [2.75, 3.05) is 6.61 Å². The minimum absolute atomic E-state index is 0.965. The van der Waals surface area contributed by atoms with Crippen molar-refractivity contribution in [3.63, 3.8) is 0 Å². The first-order valence-corrected chi connectivity index (χ1v) is 22.0. The molecule has 0 aromatic rings. The Bertz CT molecular complexity index is 293. The molecule has 0 saturated heterocycles. The Labute approximate surface area is 126 Å². The molecule has 0 unspecified atom stereocenters. The monoisotopic (exact) mass is 362 g/mol. The van der Waals surface area contributed by atoms with Crippen molar-refractivity contribution in [1.82, 2.24) is 0 Å². The average Bonchev–Trinajstić information content (AvgIpc) is 2.10. The van der Waals surface area contributed by atoms with Crippen LogP contribution in [0.15, 0.2) is 10.1 Å². The molecular formula is C15H36GeOSi2. The van der Waals surface area contributed by atoms with Gasteiger partial charge in [0.1, 0.15) is 0 Å². The SMILES string of the molecule is C[Si](C)(C)/C=[C](\CCCCO[Si](C)(C)C)[Ge]([CH3])([CH3])[CH3]. The summed E-state index contributed by atoms with van der Waals surface area (Å²) in [4.78, 5) is 0. The second-order valence-corrected chi connectivity index (χ2v) is 29.0. The Balaban J connectivity index is 4.29. The fourth-order valence-corrected chi connectivity index (χ4v) is 11.8.